The number of nitrogens with zero attached hydrogens (tertiary/aromatic N) is 2. The minimum absolute atomic E-state index is 0.0231. The number of carboxylic acids is 1. The van der Waals surface area contributed by atoms with Crippen molar-refractivity contribution in [3.63, 3.8) is 0 Å². The lowest BCUT2D eigenvalue weighted by molar-refractivity contribution is 0.0696. The minimum atomic E-state index is -1.10. The monoisotopic (exact) mass is 374 g/mol. The fraction of sp³-hybridized carbons (Fsp3) is 0.0556. The largest absolute Gasteiger partial charge is 0.478 e. The van der Waals surface area contributed by atoms with Gasteiger partial charge in [0.05, 0.1) is 21.3 Å². The fourth-order valence-electron chi connectivity index (χ4n) is 2.32. The van der Waals surface area contributed by atoms with Gasteiger partial charge in [0.1, 0.15) is 5.65 Å². The van der Waals surface area contributed by atoms with Crippen LogP contribution in [0.5, 0.6) is 0 Å². The summed E-state index contributed by atoms with van der Waals surface area (Å²) in [5.74, 6) is -1.10. The van der Waals surface area contributed by atoms with E-state index in [0.717, 1.165) is 5.56 Å². The average molecular weight is 375 g/mol. The Bertz CT molecular complexity index is 1090. The SMILES string of the molecule is Cc1c(C=Cc2ccc(Cl)c(Cl)c2)nc2ccc(C(=O)O)cn2c1=O. The Morgan fingerprint density at radius 2 is 1.92 bits per heavy atom. The van der Waals surface area contributed by atoms with E-state index in [4.69, 9.17) is 28.3 Å². The van der Waals surface area contributed by atoms with Gasteiger partial charge in [0.25, 0.3) is 5.56 Å². The first kappa shape index (κ1) is 17.2. The van der Waals surface area contributed by atoms with Crippen LogP contribution in [-0.2, 0) is 0 Å². The quantitative estimate of drug-likeness (QED) is 0.746. The molecule has 0 atom stereocenters. The number of rotatable bonds is 3. The number of pyridine rings is 1. The zero-order valence-electron chi connectivity index (χ0n) is 13.0. The van der Waals surface area contributed by atoms with Crippen LogP contribution in [0.4, 0.5) is 0 Å². The number of hydrogen-bond donors (Lipinski definition) is 1. The van der Waals surface area contributed by atoms with E-state index in [1.807, 2.05) is 0 Å². The van der Waals surface area contributed by atoms with Gasteiger partial charge in [-0.25, -0.2) is 9.78 Å². The molecule has 7 heteroatoms. The van der Waals surface area contributed by atoms with Gasteiger partial charge in [-0.1, -0.05) is 35.3 Å². The predicted octanol–water partition coefficient (Wildman–Crippen LogP) is 4.18. The zero-order valence-corrected chi connectivity index (χ0v) is 14.5. The highest BCUT2D eigenvalue weighted by atomic mass is 35.5. The number of hydrogen-bond acceptors (Lipinski definition) is 3. The summed E-state index contributed by atoms with van der Waals surface area (Å²) in [7, 11) is 0. The van der Waals surface area contributed by atoms with Crippen LogP contribution in [0.1, 0.15) is 27.2 Å². The Hall–Kier alpha value is -2.63. The molecule has 0 amide bonds. The topological polar surface area (TPSA) is 71.7 Å². The molecular weight excluding hydrogens is 363 g/mol. The second-order valence-corrected chi connectivity index (χ2v) is 6.20. The number of aromatic nitrogens is 2. The van der Waals surface area contributed by atoms with E-state index in [1.54, 1.807) is 37.3 Å². The molecule has 5 nitrogen and oxygen atoms in total. The van der Waals surface area contributed by atoms with Crippen molar-refractivity contribution in [3.05, 3.63) is 79.3 Å². The van der Waals surface area contributed by atoms with E-state index in [9.17, 15) is 9.59 Å². The average Bonchev–Trinajstić information content (AvgIpc) is 2.59. The molecule has 3 aromatic rings. The molecule has 2 heterocycles. The van der Waals surface area contributed by atoms with Crippen molar-refractivity contribution < 1.29 is 9.90 Å². The first-order chi connectivity index (χ1) is 11.9. The lowest BCUT2D eigenvalue weighted by atomic mass is 10.1. The standard InChI is InChI=1S/C18H12Cl2N2O3/c1-10-15(6-3-11-2-5-13(19)14(20)8-11)21-16-7-4-12(18(24)25)9-22(16)17(10)23/h2-9H,1H3,(H,24,25). The molecule has 0 bridgehead atoms. The van der Waals surface area contributed by atoms with Gasteiger partial charge >= 0.3 is 5.97 Å². The molecule has 0 saturated carbocycles. The summed E-state index contributed by atoms with van der Waals surface area (Å²) >= 11 is 11.9. The summed E-state index contributed by atoms with van der Waals surface area (Å²) in [6.45, 7) is 1.64. The van der Waals surface area contributed by atoms with Crippen LogP contribution >= 0.6 is 23.2 Å². The third-order valence-electron chi connectivity index (χ3n) is 3.71. The van der Waals surface area contributed by atoms with Gasteiger partial charge in [0, 0.05) is 11.8 Å². The lowest BCUT2D eigenvalue weighted by Gasteiger charge is -2.06. The highest BCUT2D eigenvalue weighted by molar-refractivity contribution is 6.42. The zero-order chi connectivity index (χ0) is 18.1. The van der Waals surface area contributed by atoms with Crippen molar-refractivity contribution in [2.24, 2.45) is 0 Å². The Balaban J connectivity index is 2.07. The van der Waals surface area contributed by atoms with Crippen molar-refractivity contribution >= 4 is 47.0 Å². The van der Waals surface area contributed by atoms with Crippen molar-refractivity contribution in [2.45, 2.75) is 6.92 Å². The molecule has 0 fully saturated rings. The van der Waals surface area contributed by atoms with E-state index in [-0.39, 0.29) is 11.1 Å². The highest BCUT2D eigenvalue weighted by Gasteiger charge is 2.10. The first-order valence-corrected chi connectivity index (χ1v) is 8.02. The van der Waals surface area contributed by atoms with Gasteiger partial charge in [0.15, 0.2) is 0 Å². The lowest BCUT2D eigenvalue weighted by Crippen LogP contribution is -2.20. The molecule has 0 aliphatic heterocycles. The number of aromatic carboxylic acids is 1. The molecular formula is C18H12Cl2N2O3. The van der Waals surface area contributed by atoms with Gasteiger partial charge in [-0.3, -0.25) is 9.20 Å². The Labute approximate surface area is 152 Å². The molecule has 0 aliphatic rings. The maximum Gasteiger partial charge on any atom is 0.337 e. The molecule has 126 valence electrons. The van der Waals surface area contributed by atoms with E-state index in [1.165, 1.54) is 22.7 Å². The molecule has 25 heavy (non-hydrogen) atoms. The predicted molar refractivity (Wildman–Crippen MR) is 98.5 cm³/mol. The molecule has 0 saturated heterocycles. The van der Waals surface area contributed by atoms with Crippen molar-refractivity contribution in [2.75, 3.05) is 0 Å². The second kappa shape index (κ2) is 6.70. The van der Waals surface area contributed by atoms with Crippen LogP contribution in [-0.4, -0.2) is 20.5 Å². The minimum Gasteiger partial charge on any atom is -0.478 e. The van der Waals surface area contributed by atoms with Gasteiger partial charge in [-0.2, -0.15) is 0 Å². The molecule has 2 aromatic heterocycles. The van der Waals surface area contributed by atoms with Crippen LogP contribution in [0.2, 0.25) is 10.0 Å². The van der Waals surface area contributed by atoms with Gasteiger partial charge < -0.3 is 5.11 Å². The summed E-state index contributed by atoms with van der Waals surface area (Å²) in [6.07, 6.45) is 4.76. The Morgan fingerprint density at radius 3 is 2.60 bits per heavy atom. The number of carbonyl (C=O) groups is 1. The molecule has 1 aromatic carbocycles. The maximum absolute atomic E-state index is 12.5. The third-order valence-corrected chi connectivity index (χ3v) is 4.45. The van der Waals surface area contributed by atoms with Crippen LogP contribution < -0.4 is 5.56 Å². The van der Waals surface area contributed by atoms with Crippen molar-refractivity contribution in [1.82, 2.24) is 9.38 Å². The fourth-order valence-corrected chi connectivity index (χ4v) is 2.63. The first-order valence-electron chi connectivity index (χ1n) is 7.26. The normalized spacial score (nSPS) is 11.3. The number of halogens is 2. The summed E-state index contributed by atoms with van der Waals surface area (Å²) in [4.78, 5) is 28.0. The van der Waals surface area contributed by atoms with Gasteiger partial charge in [-0.05, 0) is 42.8 Å². The second-order valence-electron chi connectivity index (χ2n) is 5.39. The molecule has 1 N–H and O–H groups in total. The Kier molecular flexibility index (Phi) is 4.61. The smallest absolute Gasteiger partial charge is 0.337 e. The summed E-state index contributed by atoms with van der Waals surface area (Å²) < 4.78 is 1.23. The summed E-state index contributed by atoms with van der Waals surface area (Å²) in [5, 5.41) is 9.95. The maximum atomic E-state index is 12.5. The van der Waals surface area contributed by atoms with Crippen molar-refractivity contribution in [3.8, 4) is 0 Å². The van der Waals surface area contributed by atoms with Gasteiger partial charge in [-0.15, -0.1) is 0 Å². The van der Waals surface area contributed by atoms with E-state index in [2.05, 4.69) is 4.98 Å². The van der Waals surface area contributed by atoms with Gasteiger partial charge in [0.2, 0.25) is 0 Å². The number of fused-ring (bicyclic) bond motifs is 1. The molecule has 0 spiro atoms. The molecule has 0 radical (unpaired) electrons. The summed E-state index contributed by atoms with van der Waals surface area (Å²) in [5.41, 5.74) is 1.80. The molecule has 0 aliphatic carbocycles. The van der Waals surface area contributed by atoms with Crippen molar-refractivity contribution in [1.29, 1.82) is 0 Å². The van der Waals surface area contributed by atoms with Crippen LogP contribution in [0, 0.1) is 6.92 Å². The third kappa shape index (κ3) is 3.43. The Morgan fingerprint density at radius 1 is 1.16 bits per heavy atom. The van der Waals surface area contributed by atoms with Crippen LogP contribution in [0.3, 0.4) is 0 Å². The number of carboxylic acid groups (broad SMARTS) is 1. The summed E-state index contributed by atoms with van der Waals surface area (Å²) in [6, 6.07) is 8.11. The molecule has 3 rings (SSSR count). The van der Waals surface area contributed by atoms with Crippen LogP contribution in [0.15, 0.2) is 41.3 Å². The highest BCUT2D eigenvalue weighted by Crippen LogP contribution is 2.23. The number of benzene rings is 1. The van der Waals surface area contributed by atoms with E-state index >= 15 is 0 Å². The van der Waals surface area contributed by atoms with E-state index < -0.39 is 5.97 Å². The van der Waals surface area contributed by atoms with E-state index in [0.29, 0.717) is 26.9 Å². The van der Waals surface area contributed by atoms with Crippen LogP contribution in [0.25, 0.3) is 17.8 Å². The molecule has 0 unspecified atom stereocenters.